The lowest BCUT2D eigenvalue weighted by Gasteiger charge is -2.16. The van der Waals surface area contributed by atoms with E-state index in [0.717, 1.165) is 6.04 Å². The monoisotopic (exact) mass is 138 g/mol. The molecule has 0 aromatic carbocycles. The minimum atomic E-state index is 0.861. The number of hydrogen-bond donors (Lipinski definition) is 1. The predicted octanol–water partition coefficient (Wildman–Crippen LogP) is 1.89. The summed E-state index contributed by atoms with van der Waals surface area (Å²) in [5.41, 5.74) is 0. The summed E-state index contributed by atoms with van der Waals surface area (Å²) in [5.74, 6) is 1.83. The molecule has 1 saturated heterocycles. The standard InChI is InChI=1S/C9H16N/c1-2-8-4-5-9(3-1)10-7-6-8/h9-10H,1-7H2. The maximum Gasteiger partial charge on any atom is 0.00672 e. The highest BCUT2D eigenvalue weighted by Gasteiger charge is 2.21. The molecule has 0 spiro atoms. The van der Waals surface area contributed by atoms with Crippen LogP contribution >= 0.6 is 0 Å². The van der Waals surface area contributed by atoms with Crippen molar-refractivity contribution in [1.82, 2.24) is 5.32 Å². The van der Waals surface area contributed by atoms with Crippen LogP contribution in [0.5, 0.6) is 0 Å². The molecular formula is C9H16N. The van der Waals surface area contributed by atoms with E-state index in [1.165, 1.54) is 45.1 Å². The molecule has 10 heavy (non-hydrogen) atoms. The molecule has 1 atom stereocenters. The molecule has 57 valence electrons. The van der Waals surface area contributed by atoms with E-state index in [1.54, 1.807) is 0 Å². The molecule has 1 unspecified atom stereocenters. The second kappa shape index (κ2) is 2.91. The molecular weight excluding hydrogens is 122 g/mol. The van der Waals surface area contributed by atoms with Crippen molar-refractivity contribution >= 4 is 0 Å². The molecule has 2 fully saturated rings. The molecule has 1 saturated carbocycles. The van der Waals surface area contributed by atoms with Gasteiger partial charge in [0.05, 0.1) is 0 Å². The van der Waals surface area contributed by atoms with Gasteiger partial charge < -0.3 is 5.32 Å². The van der Waals surface area contributed by atoms with Gasteiger partial charge in [-0.2, -0.15) is 0 Å². The van der Waals surface area contributed by atoms with Crippen molar-refractivity contribution in [1.29, 1.82) is 0 Å². The SMILES string of the molecule is C1C[C]2CCNC(C1)CC2. The van der Waals surface area contributed by atoms with Gasteiger partial charge in [-0.1, -0.05) is 6.42 Å². The Kier molecular flexibility index (Phi) is 1.94. The van der Waals surface area contributed by atoms with Gasteiger partial charge in [0.1, 0.15) is 0 Å². The van der Waals surface area contributed by atoms with Crippen LogP contribution in [0.3, 0.4) is 0 Å². The zero-order valence-electron chi connectivity index (χ0n) is 6.53. The molecule has 2 rings (SSSR count). The first-order valence-corrected chi connectivity index (χ1v) is 4.52. The van der Waals surface area contributed by atoms with Crippen LogP contribution in [0.2, 0.25) is 0 Å². The number of nitrogens with one attached hydrogen (secondary N) is 1. The molecule has 1 radical (unpaired) electrons. The van der Waals surface area contributed by atoms with E-state index in [9.17, 15) is 0 Å². The van der Waals surface area contributed by atoms with Crippen molar-refractivity contribution in [3.05, 3.63) is 5.92 Å². The van der Waals surface area contributed by atoms with Gasteiger partial charge in [-0.15, -0.1) is 0 Å². The van der Waals surface area contributed by atoms with Gasteiger partial charge in [-0.3, -0.25) is 0 Å². The van der Waals surface area contributed by atoms with Crippen LogP contribution in [0.15, 0.2) is 0 Å². The molecule has 2 bridgehead atoms. The van der Waals surface area contributed by atoms with Gasteiger partial charge in [-0.25, -0.2) is 0 Å². The summed E-state index contributed by atoms with van der Waals surface area (Å²) in [6, 6.07) is 0.861. The first-order chi connectivity index (χ1) is 4.95. The third-order valence-electron chi connectivity index (χ3n) is 2.84. The molecule has 2 aliphatic rings. The summed E-state index contributed by atoms with van der Waals surface area (Å²) in [6.45, 7) is 1.25. The smallest absolute Gasteiger partial charge is 0.00672 e. The van der Waals surface area contributed by atoms with Crippen molar-refractivity contribution in [2.45, 2.75) is 44.6 Å². The number of fused-ring (bicyclic) bond motifs is 3. The average Bonchev–Trinajstić information content (AvgIpc) is 2.17. The summed E-state index contributed by atoms with van der Waals surface area (Å²) in [4.78, 5) is 0. The van der Waals surface area contributed by atoms with Crippen molar-refractivity contribution in [3.63, 3.8) is 0 Å². The Hall–Kier alpha value is -0.0400. The van der Waals surface area contributed by atoms with Crippen molar-refractivity contribution in [2.24, 2.45) is 0 Å². The van der Waals surface area contributed by atoms with Crippen LogP contribution < -0.4 is 5.32 Å². The normalized spacial score (nSPS) is 35.4. The maximum atomic E-state index is 3.59. The Balaban J connectivity index is 2.01. The van der Waals surface area contributed by atoms with E-state index in [2.05, 4.69) is 5.32 Å². The van der Waals surface area contributed by atoms with E-state index >= 15 is 0 Å². The Bertz CT molecular complexity index is 89.3. The van der Waals surface area contributed by atoms with Crippen LogP contribution in [0.25, 0.3) is 0 Å². The van der Waals surface area contributed by atoms with Gasteiger partial charge in [-0.05, 0) is 44.6 Å². The van der Waals surface area contributed by atoms with Crippen LogP contribution in [-0.2, 0) is 0 Å². The fraction of sp³-hybridized carbons (Fsp3) is 0.889. The minimum absolute atomic E-state index is 0.861. The Morgan fingerprint density at radius 3 is 3.10 bits per heavy atom. The Labute approximate surface area is 63.2 Å². The molecule has 1 nitrogen and oxygen atoms in total. The molecule has 0 aromatic rings. The lowest BCUT2D eigenvalue weighted by Crippen LogP contribution is -2.28. The van der Waals surface area contributed by atoms with Crippen molar-refractivity contribution < 1.29 is 0 Å². The average molecular weight is 138 g/mol. The van der Waals surface area contributed by atoms with Crippen LogP contribution in [-0.4, -0.2) is 12.6 Å². The van der Waals surface area contributed by atoms with Gasteiger partial charge >= 0.3 is 0 Å². The molecule has 1 aliphatic carbocycles. The van der Waals surface area contributed by atoms with E-state index in [0.29, 0.717) is 0 Å². The minimum Gasteiger partial charge on any atom is -0.314 e. The zero-order chi connectivity index (χ0) is 6.81. The fourth-order valence-electron chi connectivity index (χ4n) is 2.15. The topological polar surface area (TPSA) is 12.0 Å². The fourth-order valence-corrected chi connectivity index (χ4v) is 2.15. The highest BCUT2D eigenvalue weighted by atomic mass is 14.9. The van der Waals surface area contributed by atoms with Gasteiger partial charge in [0, 0.05) is 6.04 Å². The summed E-state index contributed by atoms with van der Waals surface area (Å²) in [5, 5.41) is 3.59. The summed E-state index contributed by atoms with van der Waals surface area (Å²) >= 11 is 0. The predicted molar refractivity (Wildman–Crippen MR) is 42.7 cm³/mol. The highest BCUT2D eigenvalue weighted by Crippen LogP contribution is 2.29. The number of rotatable bonds is 0. The summed E-state index contributed by atoms with van der Waals surface area (Å²) in [6.07, 6.45) is 8.47. The van der Waals surface area contributed by atoms with E-state index in [-0.39, 0.29) is 0 Å². The Morgan fingerprint density at radius 1 is 1.10 bits per heavy atom. The van der Waals surface area contributed by atoms with Gasteiger partial charge in [0.2, 0.25) is 0 Å². The lowest BCUT2D eigenvalue weighted by atomic mass is 9.97. The van der Waals surface area contributed by atoms with Gasteiger partial charge in [0.25, 0.3) is 0 Å². The lowest BCUT2D eigenvalue weighted by molar-refractivity contribution is 0.467. The van der Waals surface area contributed by atoms with E-state index in [1.807, 2.05) is 5.92 Å². The van der Waals surface area contributed by atoms with Crippen LogP contribution in [0, 0.1) is 5.92 Å². The third kappa shape index (κ3) is 1.34. The largest absolute Gasteiger partial charge is 0.314 e. The summed E-state index contributed by atoms with van der Waals surface area (Å²) in [7, 11) is 0. The first-order valence-electron chi connectivity index (χ1n) is 4.52. The molecule has 1 heterocycles. The molecule has 1 heteroatoms. The second-order valence-corrected chi connectivity index (χ2v) is 3.58. The van der Waals surface area contributed by atoms with Crippen LogP contribution in [0.1, 0.15) is 38.5 Å². The molecule has 1 aliphatic heterocycles. The van der Waals surface area contributed by atoms with Crippen molar-refractivity contribution in [3.8, 4) is 0 Å². The van der Waals surface area contributed by atoms with Gasteiger partial charge in [0.15, 0.2) is 0 Å². The quantitative estimate of drug-likeness (QED) is 0.539. The maximum absolute atomic E-state index is 3.59. The second-order valence-electron chi connectivity index (χ2n) is 3.58. The van der Waals surface area contributed by atoms with Crippen LogP contribution in [0.4, 0.5) is 0 Å². The molecule has 0 amide bonds. The van der Waals surface area contributed by atoms with E-state index < -0.39 is 0 Å². The first kappa shape index (κ1) is 6.66. The van der Waals surface area contributed by atoms with E-state index in [4.69, 9.17) is 0 Å². The highest BCUT2D eigenvalue weighted by molar-refractivity contribution is 4.97. The molecule has 1 N–H and O–H groups in total. The Morgan fingerprint density at radius 2 is 2.10 bits per heavy atom. The summed E-state index contributed by atoms with van der Waals surface area (Å²) < 4.78 is 0. The van der Waals surface area contributed by atoms with Crippen molar-refractivity contribution in [2.75, 3.05) is 6.54 Å². The molecule has 0 aromatic heterocycles. The number of hydrogen-bond acceptors (Lipinski definition) is 1. The third-order valence-corrected chi connectivity index (χ3v) is 2.84. The zero-order valence-corrected chi connectivity index (χ0v) is 6.53.